The number of ether oxygens (including phenoxy) is 1. The van der Waals surface area contributed by atoms with Crippen molar-refractivity contribution in [2.45, 2.75) is 33.2 Å². The van der Waals surface area contributed by atoms with Gasteiger partial charge in [-0.25, -0.2) is 0 Å². The highest BCUT2D eigenvalue weighted by atomic mass is 16.5. The van der Waals surface area contributed by atoms with Gasteiger partial charge in [0, 0.05) is 25.4 Å². The second-order valence-electron chi connectivity index (χ2n) is 4.73. The Morgan fingerprint density at radius 1 is 1.42 bits per heavy atom. The Hall–Kier alpha value is -1.81. The average molecular weight is 260 g/mol. The second-order valence-corrected chi connectivity index (χ2v) is 4.73. The first-order valence-corrected chi connectivity index (χ1v) is 6.62. The Morgan fingerprint density at radius 2 is 2.21 bits per heavy atom. The van der Waals surface area contributed by atoms with Gasteiger partial charge >= 0.3 is 5.97 Å². The summed E-state index contributed by atoms with van der Waals surface area (Å²) < 4.78 is 7.28. The number of carbonyl (C=O) groups is 1. The zero-order valence-electron chi connectivity index (χ0n) is 11.6. The van der Waals surface area contributed by atoms with Crippen LogP contribution in [0.5, 0.6) is 5.75 Å². The summed E-state index contributed by atoms with van der Waals surface area (Å²) in [5, 5.41) is 3.39. The van der Waals surface area contributed by atoms with E-state index in [2.05, 4.69) is 25.2 Å². The molecule has 0 saturated carbocycles. The number of hydrogen-bond donors (Lipinski definition) is 1. The molecule has 1 unspecified atom stereocenters. The molecule has 0 aliphatic rings. The molecule has 19 heavy (non-hydrogen) atoms. The third kappa shape index (κ3) is 3.15. The number of aromatic nitrogens is 1. The fourth-order valence-electron chi connectivity index (χ4n) is 2.35. The first kappa shape index (κ1) is 13.6. The van der Waals surface area contributed by atoms with Crippen LogP contribution in [-0.4, -0.2) is 23.0 Å². The predicted molar refractivity (Wildman–Crippen MR) is 75.5 cm³/mol. The summed E-state index contributed by atoms with van der Waals surface area (Å²) in [6.07, 6.45) is 4.86. The lowest BCUT2D eigenvalue weighted by Crippen LogP contribution is -2.27. The quantitative estimate of drug-likeness (QED) is 0.839. The number of hydrogen-bond acceptors (Lipinski definition) is 3. The second kappa shape index (κ2) is 5.89. The van der Waals surface area contributed by atoms with Gasteiger partial charge in [0.25, 0.3) is 0 Å². The van der Waals surface area contributed by atoms with E-state index in [1.807, 2.05) is 28.9 Å². The Labute approximate surface area is 113 Å². The van der Waals surface area contributed by atoms with Crippen LogP contribution >= 0.6 is 0 Å². The molecule has 2 aromatic rings. The normalized spacial score (nSPS) is 12.6. The largest absolute Gasteiger partial charge is 0.424 e. The highest BCUT2D eigenvalue weighted by Crippen LogP contribution is 2.25. The molecule has 2 rings (SSSR count). The molecule has 1 atom stereocenters. The molecule has 0 aliphatic heterocycles. The lowest BCUT2D eigenvalue weighted by molar-refractivity contribution is -0.131. The number of likely N-dealkylation sites (N-methyl/N-ethyl adjacent to an activating group) is 1. The molecule has 4 heteroatoms. The van der Waals surface area contributed by atoms with Gasteiger partial charge in [-0.1, -0.05) is 6.92 Å². The van der Waals surface area contributed by atoms with Crippen LogP contribution in [0, 0.1) is 0 Å². The molecule has 0 saturated heterocycles. The number of carbonyl (C=O) groups excluding carboxylic acids is 1. The van der Waals surface area contributed by atoms with E-state index >= 15 is 0 Å². The van der Waals surface area contributed by atoms with Crippen LogP contribution in [0.2, 0.25) is 0 Å². The maximum Gasteiger partial charge on any atom is 0.308 e. The monoisotopic (exact) mass is 260 g/mol. The first-order valence-electron chi connectivity index (χ1n) is 6.62. The van der Waals surface area contributed by atoms with Gasteiger partial charge in [0.2, 0.25) is 0 Å². The smallest absolute Gasteiger partial charge is 0.308 e. The van der Waals surface area contributed by atoms with Crippen molar-refractivity contribution in [1.29, 1.82) is 0 Å². The first-order chi connectivity index (χ1) is 9.11. The van der Waals surface area contributed by atoms with Gasteiger partial charge in [0.15, 0.2) is 5.75 Å². The van der Waals surface area contributed by atoms with Gasteiger partial charge in [-0.05, 0) is 43.7 Å². The van der Waals surface area contributed by atoms with E-state index in [-0.39, 0.29) is 5.97 Å². The van der Waals surface area contributed by atoms with Crippen LogP contribution < -0.4 is 10.1 Å². The number of pyridine rings is 1. The SMILES string of the molecule is CCNC(C)Cc1ccn2cccc(OC(C)=O)c12. The highest BCUT2D eigenvalue weighted by Gasteiger charge is 2.12. The van der Waals surface area contributed by atoms with Gasteiger partial charge in [-0.15, -0.1) is 0 Å². The molecule has 2 heterocycles. The van der Waals surface area contributed by atoms with Crippen LogP contribution in [0.1, 0.15) is 26.3 Å². The van der Waals surface area contributed by atoms with E-state index in [0.717, 1.165) is 18.5 Å². The fraction of sp³-hybridized carbons (Fsp3) is 0.400. The Morgan fingerprint density at radius 3 is 2.89 bits per heavy atom. The average Bonchev–Trinajstić information content (AvgIpc) is 2.73. The van der Waals surface area contributed by atoms with Crippen molar-refractivity contribution in [2.75, 3.05) is 6.54 Å². The molecular formula is C15H20N2O2. The third-order valence-corrected chi connectivity index (χ3v) is 3.06. The topological polar surface area (TPSA) is 42.7 Å². The van der Waals surface area contributed by atoms with Crippen LogP contribution in [0.15, 0.2) is 30.6 Å². The van der Waals surface area contributed by atoms with Gasteiger partial charge in [-0.3, -0.25) is 4.79 Å². The summed E-state index contributed by atoms with van der Waals surface area (Å²) in [6.45, 7) is 6.62. The standard InChI is InChI=1S/C15H20N2O2/c1-4-16-11(2)10-13-7-9-17-8-5-6-14(15(13)17)19-12(3)18/h5-9,11,16H,4,10H2,1-3H3. The molecule has 0 radical (unpaired) electrons. The van der Waals surface area contributed by atoms with E-state index in [4.69, 9.17) is 4.74 Å². The summed E-state index contributed by atoms with van der Waals surface area (Å²) in [5.74, 6) is 0.332. The van der Waals surface area contributed by atoms with Crippen molar-refractivity contribution in [3.8, 4) is 5.75 Å². The molecule has 0 spiro atoms. The van der Waals surface area contributed by atoms with E-state index in [1.54, 1.807) is 0 Å². The molecular weight excluding hydrogens is 240 g/mol. The van der Waals surface area contributed by atoms with Gasteiger partial charge in [-0.2, -0.15) is 0 Å². The maximum absolute atomic E-state index is 11.2. The van der Waals surface area contributed by atoms with Gasteiger partial charge in [0.1, 0.15) is 0 Å². The van der Waals surface area contributed by atoms with Crippen LogP contribution in [0.4, 0.5) is 0 Å². The summed E-state index contributed by atoms with van der Waals surface area (Å²) in [7, 11) is 0. The number of fused-ring (bicyclic) bond motifs is 1. The Kier molecular flexibility index (Phi) is 4.22. The Bertz CT molecular complexity index is 575. The van der Waals surface area contributed by atoms with Crippen molar-refractivity contribution in [1.82, 2.24) is 9.72 Å². The molecule has 0 bridgehead atoms. The molecule has 1 N–H and O–H groups in total. The molecule has 4 nitrogen and oxygen atoms in total. The van der Waals surface area contributed by atoms with Crippen molar-refractivity contribution < 1.29 is 9.53 Å². The van der Waals surface area contributed by atoms with Crippen LogP contribution in [-0.2, 0) is 11.2 Å². The minimum Gasteiger partial charge on any atom is -0.424 e. The van der Waals surface area contributed by atoms with E-state index in [1.165, 1.54) is 12.5 Å². The number of nitrogens with zero attached hydrogens (tertiary/aromatic N) is 1. The minimum atomic E-state index is -0.292. The summed E-state index contributed by atoms with van der Waals surface area (Å²) >= 11 is 0. The zero-order chi connectivity index (χ0) is 13.8. The fourth-order valence-corrected chi connectivity index (χ4v) is 2.35. The summed E-state index contributed by atoms with van der Waals surface area (Å²) in [4.78, 5) is 11.2. The maximum atomic E-state index is 11.2. The zero-order valence-corrected chi connectivity index (χ0v) is 11.6. The van der Waals surface area contributed by atoms with E-state index < -0.39 is 0 Å². The molecule has 0 aromatic carbocycles. The van der Waals surface area contributed by atoms with E-state index in [9.17, 15) is 4.79 Å². The van der Waals surface area contributed by atoms with Crippen molar-refractivity contribution in [3.05, 3.63) is 36.2 Å². The summed E-state index contributed by atoms with van der Waals surface area (Å²) in [5.41, 5.74) is 2.16. The van der Waals surface area contributed by atoms with Crippen molar-refractivity contribution in [2.24, 2.45) is 0 Å². The summed E-state index contributed by atoms with van der Waals surface area (Å²) in [6, 6.07) is 6.18. The molecule has 102 valence electrons. The minimum absolute atomic E-state index is 0.292. The number of esters is 1. The third-order valence-electron chi connectivity index (χ3n) is 3.06. The molecule has 0 aliphatic carbocycles. The van der Waals surface area contributed by atoms with Gasteiger partial charge in [0.05, 0.1) is 5.52 Å². The number of nitrogens with one attached hydrogen (secondary N) is 1. The highest BCUT2D eigenvalue weighted by molar-refractivity contribution is 5.75. The van der Waals surface area contributed by atoms with Crippen LogP contribution in [0.3, 0.4) is 0 Å². The van der Waals surface area contributed by atoms with Crippen molar-refractivity contribution in [3.63, 3.8) is 0 Å². The molecule has 0 fully saturated rings. The predicted octanol–water partition coefficient (Wildman–Crippen LogP) is 2.41. The lowest BCUT2D eigenvalue weighted by Gasteiger charge is -2.12. The molecule has 2 aromatic heterocycles. The van der Waals surface area contributed by atoms with Gasteiger partial charge < -0.3 is 14.5 Å². The van der Waals surface area contributed by atoms with Crippen LogP contribution in [0.25, 0.3) is 5.52 Å². The lowest BCUT2D eigenvalue weighted by atomic mass is 10.1. The van der Waals surface area contributed by atoms with Crippen molar-refractivity contribution >= 4 is 11.5 Å². The number of rotatable bonds is 5. The Balaban J connectivity index is 2.36. The van der Waals surface area contributed by atoms with E-state index in [0.29, 0.717) is 11.8 Å². The molecule has 0 amide bonds.